The Morgan fingerprint density at radius 2 is 1.95 bits per heavy atom. The molecule has 0 amide bonds. The van der Waals surface area contributed by atoms with E-state index in [-0.39, 0.29) is 0 Å². The molecule has 20 heavy (non-hydrogen) atoms. The molecule has 0 spiro atoms. The fourth-order valence-electron chi connectivity index (χ4n) is 3.36. The highest BCUT2D eigenvalue weighted by atomic mass is 32.2. The van der Waals surface area contributed by atoms with Gasteiger partial charge >= 0.3 is 0 Å². The Kier molecular flexibility index (Phi) is 4.86. The highest BCUT2D eigenvalue weighted by Crippen LogP contribution is 2.18. The van der Waals surface area contributed by atoms with E-state index in [2.05, 4.69) is 40.5 Å². The first-order valence-corrected chi connectivity index (χ1v) is 9.16. The van der Waals surface area contributed by atoms with Crippen molar-refractivity contribution >= 4 is 10.8 Å². The maximum Gasteiger partial charge on any atom is 0.0249 e. The van der Waals surface area contributed by atoms with Crippen molar-refractivity contribution in [1.82, 2.24) is 10.2 Å². The Balaban J connectivity index is 1.55. The minimum atomic E-state index is -0.548. The van der Waals surface area contributed by atoms with Gasteiger partial charge in [0.05, 0.1) is 0 Å². The summed E-state index contributed by atoms with van der Waals surface area (Å²) in [4.78, 5) is 2.63. The summed E-state index contributed by atoms with van der Waals surface area (Å²) in [6, 6.07) is 12.0. The van der Waals surface area contributed by atoms with Gasteiger partial charge in [0.1, 0.15) is 0 Å². The second-order valence-corrected chi connectivity index (χ2v) is 7.61. The monoisotopic (exact) mass is 292 g/mol. The molecule has 4 heteroatoms. The van der Waals surface area contributed by atoms with Gasteiger partial charge in [-0.05, 0) is 24.8 Å². The summed E-state index contributed by atoms with van der Waals surface area (Å²) in [5, 5.41) is 3.64. The average Bonchev–Trinajstić information content (AvgIpc) is 2.49. The average molecular weight is 292 g/mol. The van der Waals surface area contributed by atoms with E-state index in [0.717, 1.165) is 50.4 Å². The summed E-state index contributed by atoms with van der Waals surface area (Å²) in [5.41, 5.74) is 1.41. The molecule has 2 saturated heterocycles. The molecule has 1 aromatic rings. The lowest BCUT2D eigenvalue weighted by atomic mass is 10.0. The van der Waals surface area contributed by atoms with Gasteiger partial charge in [-0.1, -0.05) is 30.3 Å². The van der Waals surface area contributed by atoms with Gasteiger partial charge in [-0.3, -0.25) is 9.11 Å². The van der Waals surface area contributed by atoms with Gasteiger partial charge in [-0.25, -0.2) is 0 Å². The molecule has 110 valence electrons. The van der Waals surface area contributed by atoms with Gasteiger partial charge in [-0.15, -0.1) is 0 Å². The standard InChI is InChI=1S/C16H24N2OS/c19-20-10-6-16(7-11-20)18-9-8-17-15(13-18)12-14-4-2-1-3-5-14/h1-5,15-17H,6-13H2. The van der Waals surface area contributed by atoms with Crippen molar-refractivity contribution in [2.45, 2.75) is 31.3 Å². The number of nitrogens with zero attached hydrogens (tertiary/aromatic N) is 1. The van der Waals surface area contributed by atoms with Crippen LogP contribution >= 0.6 is 0 Å². The van der Waals surface area contributed by atoms with Crippen molar-refractivity contribution in [2.75, 3.05) is 31.1 Å². The fraction of sp³-hybridized carbons (Fsp3) is 0.625. The third-order valence-electron chi connectivity index (χ3n) is 4.49. The summed E-state index contributed by atoms with van der Waals surface area (Å²) in [6.07, 6.45) is 3.34. The molecule has 2 aliphatic rings. The van der Waals surface area contributed by atoms with Crippen molar-refractivity contribution in [2.24, 2.45) is 0 Å². The van der Waals surface area contributed by atoms with Crippen LogP contribution in [0.5, 0.6) is 0 Å². The summed E-state index contributed by atoms with van der Waals surface area (Å²) in [7, 11) is -0.548. The number of rotatable bonds is 3. The summed E-state index contributed by atoms with van der Waals surface area (Å²) < 4.78 is 11.5. The number of hydrogen-bond acceptors (Lipinski definition) is 3. The molecule has 0 radical (unpaired) electrons. The molecule has 1 aromatic carbocycles. The molecule has 0 aliphatic carbocycles. The third-order valence-corrected chi connectivity index (χ3v) is 5.87. The Morgan fingerprint density at radius 3 is 2.70 bits per heavy atom. The maximum absolute atomic E-state index is 11.5. The zero-order chi connectivity index (χ0) is 13.8. The molecule has 2 aliphatic heterocycles. The number of nitrogens with one attached hydrogen (secondary N) is 1. The minimum absolute atomic E-state index is 0.548. The largest absolute Gasteiger partial charge is 0.311 e. The molecular weight excluding hydrogens is 268 g/mol. The first kappa shape index (κ1) is 14.2. The molecule has 2 fully saturated rings. The second-order valence-electron chi connectivity index (χ2n) is 5.91. The minimum Gasteiger partial charge on any atom is -0.311 e. The van der Waals surface area contributed by atoms with Gasteiger partial charge in [0.2, 0.25) is 0 Å². The van der Waals surface area contributed by atoms with Crippen LogP contribution in [0.2, 0.25) is 0 Å². The lowest BCUT2D eigenvalue weighted by Crippen LogP contribution is -2.55. The number of hydrogen-bond donors (Lipinski definition) is 1. The van der Waals surface area contributed by atoms with Crippen LogP contribution in [-0.2, 0) is 17.2 Å². The second kappa shape index (κ2) is 6.83. The lowest BCUT2D eigenvalue weighted by molar-refractivity contribution is 0.135. The quantitative estimate of drug-likeness (QED) is 0.914. The summed E-state index contributed by atoms with van der Waals surface area (Å²) in [6.45, 7) is 3.35. The Bertz CT molecular complexity index is 441. The van der Waals surface area contributed by atoms with Crippen LogP contribution in [0.4, 0.5) is 0 Å². The van der Waals surface area contributed by atoms with Crippen LogP contribution in [0.25, 0.3) is 0 Å². The van der Waals surface area contributed by atoms with E-state index in [1.54, 1.807) is 0 Å². The highest BCUT2D eigenvalue weighted by Gasteiger charge is 2.28. The van der Waals surface area contributed by atoms with E-state index in [0.29, 0.717) is 12.1 Å². The van der Waals surface area contributed by atoms with Gasteiger partial charge in [0, 0.05) is 54.0 Å². The zero-order valence-corrected chi connectivity index (χ0v) is 12.8. The smallest absolute Gasteiger partial charge is 0.0249 e. The fourth-order valence-corrected chi connectivity index (χ4v) is 4.64. The van der Waals surface area contributed by atoms with Crippen molar-refractivity contribution in [3.05, 3.63) is 35.9 Å². The SMILES string of the molecule is O=S1CCC(N2CCNC(Cc3ccccc3)C2)CC1. The van der Waals surface area contributed by atoms with Crippen molar-refractivity contribution < 1.29 is 4.21 Å². The molecule has 0 saturated carbocycles. The van der Waals surface area contributed by atoms with Crippen LogP contribution in [0.3, 0.4) is 0 Å². The van der Waals surface area contributed by atoms with Crippen molar-refractivity contribution in [1.29, 1.82) is 0 Å². The van der Waals surface area contributed by atoms with E-state index in [9.17, 15) is 4.21 Å². The van der Waals surface area contributed by atoms with E-state index < -0.39 is 10.8 Å². The van der Waals surface area contributed by atoms with E-state index >= 15 is 0 Å². The normalized spacial score (nSPS) is 32.1. The molecule has 3 nitrogen and oxygen atoms in total. The van der Waals surface area contributed by atoms with Crippen LogP contribution in [-0.4, -0.2) is 52.3 Å². The first-order valence-electron chi connectivity index (χ1n) is 7.67. The van der Waals surface area contributed by atoms with Crippen molar-refractivity contribution in [3.63, 3.8) is 0 Å². The van der Waals surface area contributed by atoms with Gasteiger partial charge in [0.15, 0.2) is 0 Å². The summed E-state index contributed by atoms with van der Waals surface area (Å²) >= 11 is 0. The molecule has 0 aromatic heterocycles. The van der Waals surface area contributed by atoms with E-state index in [1.165, 1.54) is 5.56 Å². The van der Waals surface area contributed by atoms with Gasteiger partial charge in [0.25, 0.3) is 0 Å². The maximum atomic E-state index is 11.5. The number of benzene rings is 1. The molecule has 1 unspecified atom stereocenters. The number of piperazine rings is 1. The zero-order valence-electron chi connectivity index (χ0n) is 12.0. The van der Waals surface area contributed by atoms with E-state index in [4.69, 9.17) is 0 Å². The Labute approximate surface area is 124 Å². The molecule has 1 atom stereocenters. The van der Waals surface area contributed by atoms with Crippen molar-refractivity contribution in [3.8, 4) is 0 Å². The highest BCUT2D eigenvalue weighted by molar-refractivity contribution is 7.85. The Hall–Kier alpha value is -0.710. The predicted molar refractivity (Wildman–Crippen MR) is 84.4 cm³/mol. The van der Waals surface area contributed by atoms with Gasteiger partial charge in [-0.2, -0.15) is 0 Å². The van der Waals surface area contributed by atoms with E-state index in [1.807, 2.05) is 0 Å². The summed E-state index contributed by atoms with van der Waals surface area (Å²) in [5.74, 6) is 1.80. The molecule has 1 N–H and O–H groups in total. The molecule has 0 bridgehead atoms. The van der Waals surface area contributed by atoms with Crippen LogP contribution in [0, 0.1) is 0 Å². The third kappa shape index (κ3) is 3.68. The molecule has 2 heterocycles. The van der Waals surface area contributed by atoms with Crippen LogP contribution in [0.15, 0.2) is 30.3 Å². The predicted octanol–water partition coefficient (Wildman–Crippen LogP) is 1.41. The van der Waals surface area contributed by atoms with Gasteiger partial charge < -0.3 is 5.32 Å². The first-order chi connectivity index (χ1) is 9.81. The topological polar surface area (TPSA) is 32.3 Å². The lowest BCUT2D eigenvalue weighted by Gasteiger charge is -2.40. The van der Waals surface area contributed by atoms with Crippen LogP contribution in [0.1, 0.15) is 18.4 Å². The van der Waals surface area contributed by atoms with Crippen LogP contribution < -0.4 is 5.32 Å². The Morgan fingerprint density at radius 1 is 1.20 bits per heavy atom. The molecule has 3 rings (SSSR count). The molecular formula is C16H24N2OS.